The third-order valence-electron chi connectivity index (χ3n) is 2.92. The molecule has 0 saturated carbocycles. The Hall–Kier alpha value is -2.63. The first-order valence-electron chi connectivity index (χ1n) is 5.69. The maximum atomic E-state index is 13.2. The second-order valence-electron chi connectivity index (χ2n) is 4.35. The van der Waals surface area contributed by atoms with Gasteiger partial charge in [0.25, 0.3) is 5.56 Å². The molecule has 0 radical (unpaired) electrons. The van der Waals surface area contributed by atoms with E-state index in [1.54, 1.807) is 25.1 Å². The Morgan fingerprint density at radius 2 is 2.11 bits per heavy atom. The molecular weight excluding hydrogens is 247 g/mol. The lowest BCUT2D eigenvalue weighted by atomic mass is 10.1. The number of halogens is 1. The summed E-state index contributed by atoms with van der Waals surface area (Å²) in [5.41, 5.74) is 7.45. The molecule has 0 aliphatic rings. The monoisotopic (exact) mass is 258 g/mol. The molecule has 0 unspecified atom stereocenters. The third kappa shape index (κ3) is 1.87. The van der Waals surface area contributed by atoms with Crippen LogP contribution in [0.1, 0.15) is 5.56 Å². The highest BCUT2D eigenvalue weighted by atomic mass is 19.1. The number of nitrogens with zero attached hydrogens (tertiary/aromatic N) is 2. The molecule has 0 saturated heterocycles. The van der Waals surface area contributed by atoms with Crippen molar-refractivity contribution in [1.29, 1.82) is 0 Å². The lowest BCUT2D eigenvalue weighted by Crippen LogP contribution is -2.14. The Morgan fingerprint density at radius 1 is 1.32 bits per heavy atom. The van der Waals surface area contributed by atoms with E-state index < -0.39 is 0 Å². The summed E-state index contributed by atoms with van der Waals surface area (Å²) < 4.78 is 14.5. The van der Waals surface area contributed by atoms with E-state index in [2.05, 4.69) is 10.1 Å². The minimum absolute atomic E-state index is 0.265. The second-order valence-corrected chi connectivity index (χ2v) is 4.35. The highest BCUT2D eigenvalue weighted by Gasteiger charge is 2.08. The van der Waals surface area contributed by atoms with E-state index in [0.29, 0.717) is 28.3 Å². The minimum atomic E-state index is -0.285. The van der Waals surface area contributed by atoms with E-state index >= 15 is 0 Å². The molecule has 96 valence electrons. The number of anilines is 1. The van der Waals surface area contributed by atoms with Gasteiger partial charge in [-0.1, -0.05) is 0 Å². The molecule has 0 spiro atoms. The van der Waals surface area contributed by atoms with Crippen LogP contribution in [0.3, 0.4) is 0 Å². The van der Waals surface area contributed by atoms with Crippen molar-refractivity contribution < 1.29 is 4.39 Å². The Balaban J connectivity index is 2.24. The number of aromatic amines is 1. The SMILES string of the molecule is Cc1cc(-c2cc(=O)n3[nH]c(N)cc3n2)ccc1F. The molecule has 2 aromatic heterocycles. The van der Waals surface area contributed by atoms with E-state index in [1.165, 1.54) is 16.6 Å². The van der Waals surface area contributed by atoms with Crippen LogP contribution in [-0.2, 0) is 0 Å². The molecular formula is C13H11FN4O. The Kier molecular flexibility index (Phi) is 2.38. The van der Waals surface area contributed by atoms with Gasteiger partial charge in [-0.2, -0.15) is 4.52 Å². The topological polar surface area (TPSA) is 76.2 Å². The number of nitrogens with two attached hydrogens (primary N) is 1. The largest absolute Gasteiger partial charge is 0.384 e. The van der Waals surface area contributed by atoms with Crippen LogP contribution in [0.25, 0.3) is 16.9 Å². The van der Waals surface area contributed by atoms with Crippen molar-refractivity contribution in [2.45, 2.75) is 6.92 Å². The summed E-state index contributed by atoms with van der Waals surface area (Å²) in [4.78, 5) is 16.2. The lowest BCUT2D eigenvalue weighted by Gasteiger charge is -2.03. The van der Waals surface area contributed by atoms with Gasteiger partial charge in [-0.3, -0.25) is 9.89 Å². The van der Waals surface area contributed by atoms with Crippen LogP contribution >= 0.6 is 0 Å². The maximum Gasteiger partial charge on any atom is 0.273 e. The summed E-state index contributed by atoms with van der Waals surface area (Å²) in [6, 6.07) is 7.57. The number of hydrogen-bond donors (Lipinski definition) is 2. The van der Waals surface area contributed by atoms with Crippen molar-refractivity contribution >= 4 is 11.5 Å². The van der Waals surface area contributed by atoms with Crippen molar-refractivity contribution in [3.8, 4) is 11.3 Å². The number of aromatic nitrogens is 3. The molecule has 3 N–H and O–H groups in total. The van der Waals surface area contributed by atoms with Gasteiger partial charge >= 0.3 is 0 Å². The standard InChI is InChI=1S/C13H11FN4O/c1-7-4-8(2-3-9(7)14)10-5-13(19)18-12(16-10)6-11(15)17-18/h2-6,17H,15H2,1H3. The normalized spacial score (nSPS) is 11.1. The fraction of sp³-hybridized carbons (Fsp3) is 0.0769. The number of hydrogen-bond acceptors (Lipinski definition) is 3. The Labute approximate surface area is 107 Å². The lowest BCUT2D eigenvalue weighted by molar-refractivity contribution is 0.619. The molecule has 0 aliphatic carbocycles. The molecule has 0 fully saturated rings. The van der Waals surface area contributed by atoms with Crippen LogP contribution in [0.2, 0.25) is 0 Å². The van der Waals surface area contributed by atoms with Crippen molar-refractivity contribution in [3.63, 3.8) is 0 Å². The van der Waals surface area contributed by atoms with Gasteiger partial charge in [0.2, 0.25) is 0 Å². The fourth-order valence-corrected chi connectivity index (χ4v) is 1.96. The number of nitrogens with one attached hydrogen (secondary N) is 1. The van der Waals surface area contributed by atoms with Gasteiger partial charge < -0.3 is 5.73 Å². The van der Waals surface area contributed by atoms with Gasteiger partial charge in [-0.25, -0.2) is 9.37 Å². The molecule has 19 heavy (non-hydrogen) atoms. The third-order valence-corrected chi connectivity index (χ3v) is 2.92. The molecule has 1 aromatic carbocycles. The van der Waals surface area contributed by atoms with Crippen LogP contribution in [0.15, 0.2) is 35.1 Å². The van der Waals surface area contributed by atoms with Gasteiger partial charge in [0.1, 0.15) is 11.6 Å². The average Bonchev–Trinajstić information content (AvgIpc) is 2.74. The van der Waals surface area contributed by atoms with Crippen LogP contribution in [-0.4, -0.2) is 14.6 Å². The van der Waals surface area contributed by atoms with E-state index in [9.17, 15) is 9.18 Å². The molecule has 0 atom stereocenters. The molecule has 6 heteroatoms. The molecule has 3 aromatic rings. The van der Waals surface area contributed by atoms with Crippen LogP contribution in [0.5, 0.6) is 0 Å². The maximum absolute atomic E-state index is 13.2. The second kappa shape index (κ2) is 3.94. The number of nitrogen functional groups attached to an aromatic ring is 1. The highest BCUT2D eigenvalue weighted by molar-refractivity contribution is 5.63. The minimum Gasteiger partial charge on any atom is -0.384 e. The van der Waals surface area contributed by atoms with Gasteiger partial charge in [-0.05, 0) is 30.7 Å². The van der Waals surface area contributed by atoms with E-state index in [0.717, 1.165) is 0 Å². The van der Waals surface area contributed by atoms with Gasteiger partial charge in [0, 0.05) is 17.7 Å². The van der Waals surface area contributed by atoms with E-state index in [4.69, 9.17) is 5.73 Å². The number of aryl methyl sites for hydroxylation is 1. The fourth-order valence-electron chi connectivity index (χ4n) is 1.96. The van der Waals surface area contributed by atoms with Crippen molar-refractivity contribution in [2.24, 2.45) is 0 Å². The van der Waals surface area contributed by atoms with Gasteiger partial charge in [0.15, 0.2) is 5.65 Å². The zero-order valence-electron chi connectivity index (χ0n) is 10.1. The molecule has 0 amide bonds. The van der Waals surface area contributed by atoms with Gasteiger partial charge in [0.05, 0.1) is 5.69 Å². The number of rotatable bonds is 1. The van der Waals surface area contributed by atoms with Crippen LogP contribution < -0.4 is 11.3 Å². The molecule has 0 aliphatic heterocycles. The zero-order valence-corrected chi connectivity index (χ0v) is 10.1. The van der Waals surface area contributed by atoms with Gasteiger partial charge in [-0.15, -0.1) is 0 Å². The smallest absolute Gasteiger partial charge is 0.273 e. The highest BCUT2D eigenvalue weighted by Crippen LogP contribution is 2.19. The van der Waals surface area contributed by atoms with Crippen molar-refractivity contribution in [2.75, 3.05) is 5.73 Å². The summed E-state index contributed by atoms with van der Waals surface area (Å²) in [6.45, 7) is 1.67. The first-order chi connectivity index (χ1) is 9.04. The average molecular weight is 258 g/mol. The van der Waals surface area contributed by atoms with E-state index in [1.807, 2.05) is 0 Å². The van der Waals surface area contributed by atoms with Crippen LogP contribution in [0.4, 0.5) is 10.2 Å². The number of H-pyrrole nitrogens is 1. The summed E-state index contributed by atoms with van der Waals surface area (Å²) in [5.74, 6) is 0.0736. The quantitative estimate of drug-likeness (QED) is 0.697. The first kappa shape index (κ1) is 11.5. The summed E-state index contributed by atoms with van der Waals surface area (Å²) in [7, 11) is 0. The predicted molar refractivity (Wildman–Crippen MR) is 70.4 cm³/mol. The number of benzene rings is 1. The summed E-state index contributed by atoms with van der Waals surface area (Å²) in [5, 5.41) is 2.69. The Bertz CT molecular complexity index is 834. The molecule has 5 nitrogen and oxygen atoms in total. The first-order valence-corrected chi connectivity index (χ1v) is 5.69. The zero-order chi connectivity index (χ0) is 13.6. The molecule has 2 heterocycles. The molecule has 0 bridgehead atoms. The molecule has 3 rings (SSSR count). The predicted octanol–water partition coefficient (Wildman–Crippen LogP) is 1.72. The Morgan fingerprint density at radius 3 is 2.84 bits per heavy atom. The van der Waals surface area contributed by atoms with E-state index in [-0.39, 0.29) is 11.4 Å². The number of fused-ring (bicyclic) bond motifs is 1. The summed E-state index contributed by atoms with van der Waals surface area (Å²) in [6.07, 6.45) is 0. The summed E-state index contributed by atoms with van der Waals surface area (Å²) >= 11 is 0. The van der Waals surface area contributed by atoms with Crippen molar-refractivity contribution in [3.05, 3.63) is 52.1 Å². The van der Waals surface area contributed by atoms with Crippen molar-refractivity contribution in [1.82, 2.24) is 14.6 Å². The van der Waals surface area contributed by atoms with Crippen LogP contribution in [0, 0.1) is 12.7 Å².